The standard InChI is InChI=1S/C53H96NO7P/c1-6-8-10-12-14-16-18-20-22-23-24-25-26-27-28-29-30-31-32-33-35-37-39-41-43-45-48-58-50-52(51-60-62(56,57)59-49-47-54(3,4)5)61-53(55)46-44-42-40-38-36-34-21-19-17-15-13-11-9-7-2/h8,10,14,16,20,22,24-25,27-28,30-31,52H,6-7,9,11-13,15,17-19,21,23,26,29,32-51H2,1-5H3/b10-8-,16-14-,22-20-,25-24-,28-27-,31-30-. The molecule has 0 rings (SSSR count). The molecule has 0 aliphatic rings. The molecule has 0 aliphatic heterocycles. The Morgan fingerprint density at radius 1 is 0.516 bits per heavy atom. The zero-order valence-electron chi connectivity index (χ0n) is 40.8. The molecule has 8 nitrogen and oxygen atoms in total. The van der Waals surface area contributed by atoms with E-state index in [0.29, 0.717) is 24.1 Å². The molecule has 0 aromatic carbocycles. The van der Waals surface area contributed by atoms with E-state index in [1.54, 1.807) is 0 Å². The lowest BCUT2D eigenvalue weighted by Gasteiger charge is -2.28. The monoisotopic (exact) mass is 890 g/mol. The summed E-state index contributed by atoms with van der Waals surface area (Å²) < 4.78 is 34.7. The first kappa shape index (κ1) is 59.9. The third-order valence-electron chi connectivity index (χ3n) is 10.5. The normalized spacial score (nSPS) is 14.2. The molecule has 0 spiro atoms. The molecule has 0 bridgehead atoms. The summed E-state index contributed by atoms with van der Waals surface area (Å²) in [4.78, 5) is 25.1. The maximum absolute atomic E-state index is 12.7. The summed E-state index contributed by atoms with van der Waals surface area (Å²) in [7, 11) is 1.34. The van der Waals surface area contributed by atoms with Crippen LogP contribution >= 0.6 is 7.82 Å². The van der Waals surface area contributed by atoms with Crippen LogP contribution in [0.25, 0.3) is 0 Å². The summed E-state index contributed by atoms with van der Waals surface area (Å²) in [6.45, 7) is 5.28. The Labute approximate surface area is 383 Å². The number of rotatable bonds is 46. The molecule has 2 unspecified atom stereocenters. The van der Waals surface area contributed by atoms with E-state index in [4.69, 9.17) is 18.5 Å². The van der Waals surface area contributed by atoms with Crippen LogP contribution in [0.2, 0.25) is 0 Å². The topological polar surface area (TPSA) is 94.1 Å². The summed E-state index contributed by atoms with van der Waals surface area (Å²) in [5, 5.41) is 0. The summed E-state index contributed by atoms with van der Waals surface area (Å²) >= 11 is 0. The van der Waals surface area contributed by atoms with Crippen LogP contribution in [-0.2, 0) is 27.9 Å². The predicted octanol–water partition coefficient (Wildman–Crippen LogP) is 14.8. The largest absolute Gasteiger partial charge is 0.756 e. The molecule has 0 fully saturated rings. The fraction of sp³-hybridized carbons (Fsp3) is 0.755. The summed E-state index contributed by atoms with van der Waals surface area (Å²) in [6.07, 6.45) is 59.2. The first-order chi connectivity index (χ1) is 30.1. The third-order valence-corrected chi connectivity index (χ3v) is 11.5. The number of allylic oxidation sites excluding steroid dienone is 12. The van der Waals surface area contributed by atoms with Gasteiger partial charge in [-0.05, 0) is 64.2 Å². The fourth-order valence-electron chi connectivity index (χ4n) is 6.67. The number of ether oxygens (including phenoxy) is 2. The van der Waals surface area contributed by atoms with Gasteiger partial charge in [-0.1, -0.05) is 202 Å². The van der Waals surface area contributed by atoms with Crippen LogP contribution in [0.1, 0.15) is 200 Å². The van der Waals surface area contributed by atoms with Crippen LogP contribution in [0.3, 0.4) is 0 Å². The number of quaternary nitrogens is 1. The number of likely N-dealkylation sites (N-methyl/N-ethyl adjacent to an activating group) is 1. The van der Waals surface area contributed by atoms with Crippen molar-refractivity contribution in [3.05, 3.63) is 72.9 Å². The Hall–Kier alpha value is -2.06. The van der Waals surface area contributed by atoms with Gasteiger partial charge in [-0.15, -0.1) is 0 Å². The second kappa shape index (κ2) is 45.5. The van der Waals surface area contributed by atoms with E-state index in [2.05, 4.69) is 86.8 Å². The highest BCUT2D eigenvalue weighted by Gasteiger charge is 2.20. The zero-order chi connectivity index (χ0) is 45.5. The average Bonchev–Trinajstić information content (AvgIpc) is 3.23. The second-order valence-electron chi connectivity index (χ2n) is 17.8. The lowest BCUT2D eigenvalue weighted by molar-refractivity contribution is -0.870. The third kappa shape index (κ3) is 49.0. The van der Waals surface area contributed by atoms with Gasteiger partial charge in [0.15, 0.2) is 0 Å². The minimum Gasteiger partial charge on any atom is -0.756 e. The van der Waals surface area contributed by atoms with Crippen molar-refractivity contribution in [2.24, 2.45) is 0 Å². The number of unbranched alkanes of at least 4 members (excludes halogenated alkanes) is 20. The van der Waals surface area contributed by atoms with Crippen LogP contribution in [-0.4, -0.2) is 70.7 Å². The van der Waals surface area contributed by atoms with Gasteiger partial charge in [0.05, 0.1) is 34.4 Å². The van der Waals surface area contributed by atoms with Gasteiger partial charge >= 0.3 is 5.97 Å². The number of nitrogens with zero attached hydrogens (tertiary/aromatic N) is 1. The highest BCUT2D eigenvalue weighted by Crippen LogP contribution is 2.38. The molecule has 0 saturated carbocycles. The number of hydrogen-bond donors (Lipinski definition) is 0. The van der Waals surface area contributed by atoms with Gasteiger partial charge in [-0.3, -0.25) is 9.36 Å². The number of esters is 1. The Morgan fingerprint density at radius 2 is 0.935 bits per heavy atom. The lowest BCUT2D eigenvalue weighted by Crippen LogP contribution is -2.37. The van der Waals surface area contributed by atoms with Crippen LogP contribution in [0.4, 0.5) is 0 Å². The Morgan fingerprint density at radius 3 is 1.40 bits per heavy atom. The van der Waals surface area contributed by atoms with Crippen molar-refractivity contribution >= 4 is 13.8 Å². The molecule has 360 valence electrons. The highest BCUT2D eigenvalue weighted by atomic mass is 31.2. The first-order valence-electron chi connectivity index (χ1n) is 25.2. The zero-order valence-corrected chi connectivity index (χ0v) is 41.7. The maximum atomic E-state index is 12.7. The van der Waals surface area contributed by atoms with Crippen molar-refractivity contribution in [2.75, 3.05) is 54.1 Å². The van der Waals surface area contributed by atoms with Gasteiger partial charge in [0, 0.05) is 13.0 Å². The highest BCUT2D eigenvalue weighted by molar-refractivity contribution is 7.45. The minimum absolute atomic E-state index is 0.0217. The van der Waals surface area contributed by atoms with Gasteiger partial charge in [0.2, 0.25) is 0 Å². The molecular weight excluding hydrogens is 794 g/mol. The molecule has 62 heavy (non-hydrogen) atoms. The molecule has 9 heteroatoms. The van der Waals surface area contributed by atoms with Crippen molar-refractivity contribution in [3.63, 3.8) is 0 Å². The van der Waals surface area contributed by atoms with Crippen molar-refractivity contribution in [3.8, 4) is 0 Å². The van der Waals surface area contributed by atoms with Crippen molar-refractivity contribution in [1.29, 1.82) is 0 Å². The Bertz CT molecular complexity index is 1220. The van der Waals surface area contributed by atoms with E-state index in [-0.39, 0.29) is 25.8 Å². The van der Waals surface area contributed by atoms with Gasteiger partial charge in [0.25, 0.3) is 7.82 Å². The summed E-state index contributed by atoms with van der Waals surface area (Å²) in [5.41, 5.74) is 0. The van der Waals surface area contributed by atoms with Crippen LogP contribution in [0.5, 0.6) is 0 Å². The summed E-state index contributed by atoms with van der Waals surface area (Å²) in [6, 6.07) is 0. The van der Waals surface area contributed by atoms with Crippen LogP contribution in [0.15, 0.2) is 72.9 Å². The lowest BCUT2D eigenvalue weighted by atomic mass is 10.0. The van der Waals surface area contributed by atoms with Crippen molar-refractivity contribution in [2.45, 2.75) is 206 Å². The number of hydrogen-bond acceptors (Lipinski definition) is 7. The molecule has 0 heterocycles. The second-order valence-corrected chi connectivity index (χ2v) is 19.2. The molecule has 0 radical (unpaired) electrons. The first-order valence-corrected chi connectivity index (χ1v) is 26.6. The number of carbonyl (C=O) groups is 1. The van der Waals surface area contributed by atoms with E-state index >= 15 is 0 Å². The van der Waals surface area contributed by atoms with E-state index in [1.165, 1.54) is 96.3 Å². The van der Waals surface area contributed by atoms with Gasteiger partial charge < -0.3 is 27.9 Å². The molecule has 2 atom stereocenters. The molecule has 0 N–H and O–H groups in total. The summed E-state index contributed by atoms with van der Waals surface area (Å²) in [5.74, 6) is -0.339. The van der Waals surface area contributed by atoms with E-state index in [9.17, 15) is 14.3 Å². The molecule has 0 saturated heterocycles. The molecule has 0 aromatic heterocycles. The quantitative estimate of drug-likeness (QED) is 0.0197. The average molecular weight is 890 g/mol. The smallest absolute Gasteiger partial charge is 0.306 e. The Balaban J connectivity index is 4.15. The molecule has 0 amide bonds. The molecular formula is C53H96NO7P. The van der Waals surface area contributed by atoms with Crippen molar-refractivity contribution < 1.29 is 37.3 Å². The Kier molecular flexibility index (Phi) is 44.0. The minimum atomic E-state index is -4.53. The SMILES string of the molecule is CC/C=C\C/C=C\C/C=C\C/C=C\C/C=C\C/C=C\CCCCCCCCCOCC(COP(=O)([O-])OCC[N+](C)(C)C)OC(=O)CCCCCCCCCCCCCCCC. The number of carbonyl (C=O) groups excluding carboxylic acids is 1. The fourth-order valence-corrected chi connectivity index (χ4v) is 7.40. The predicted molar refractivity (Wildman–Crippen MR) is 263 cm³/mol. The van der Waals surface area contributed by atoms with E-state index in [0.717, 1.165) is 83.5 Å². The molecule has 0 aromatic rings. The van der Waals surface area contributed by atoms with Gasteiger partial charge in [-0.25, -0.2) is 0 Å². The number of phosphoric ester groups is 1. The number of phosphoric acid groups is 1. The molecule has 0 aliphatic carbocycles. The van der Waals surface area contributed by atoms with Gasteiger partial charge in [0.1, 0.15) is 19.3 Å². The van der Waals surface area contributed by atoms with E-state index < -0.39 is 13.9 Å². The van der Waals surface area contributed by atoms with Crippen molar-refractivity contribution in [1.82, 2.24) is 0 Å². The van der Waals surface area contributed by atoms with Gasteiger partial charge in [-0.2, -0.15) is 0 Å². The van der Waals surface area contributed by atoms with Crippen LogP contribution in [0, 0.1) is 0 Å². The maximum Gasteiger partial charge on any atom is 0.306 e. The van der Waals surface area contributed by atoms with Crippen LogP contribution < -0.4 is 4.89 Å². The van der Waals surface area contributed by atoms with E-state index in [1.807, 2.05) is 21.1 Å².